The van der Waals surface area contributed by atoms with Gasteiger partial charge in [-0.25, -0.2) is 0 Å². The van der Waals surface area contributed by atoms with Gasteiger partial charge >= 0.3 is 0 Å². The maximum atomic E-state index is 5.75. The smallest absolute Gasteiger partial charge is 0.134 e. The summed E-state index contributed by atoms with van der Waals surface area (Å²) in [5, 5.41) is 2.05. The van der Waals surface area contributed by atoms with Crippen LogP contribution in [0.2, 0.25) is 0 Å². The lowest BCUT2D eigenvalue weighted by Gasteiger charge is -2.07. The summed E-state index contributed by atoms with van der Waals surface area (Å²) in [5.74, 6) is 0.880. The molecule has 0 spiro atoms. The van der Waals surface area contributed by atoms with E-state index in [1.165, 1.54) is 10.4 Å². The number of rotatable bonds is 3. The van der Waals surface area contributed by atoms with E-state index in [4.69, 9.17) is 4.74 Å². The van der Waals surface area contributed by atoms with E-state index >= 15 is 0 Å². The first kappa shape index (κ1) is 12.1. The van der Waals surface area contributed by atoms with Crippen molar-refractivity contribution in [1.29, 1.82) is 0 Å². The summed E-state index contributed by atoms with van der Waals surface area (Å²) in [6.07, 6.45) is 0. The van der Waals surface area contributed by atoms with Crippen molar-refractivity contribution in [3.8, 4) is 5.75 Å². The van der Waals surface area contributed by atoms with Gasteiger partial charge in [-0.1, -0.05) is 6.07 Å². The second-order valence-electron chi connectivity index (χ2n) is 3.41. The Bertz CT molecular complexity index is 494. The molecule has 2 rings (SSSR count). The van der Waals surface area contributed by atoms with Crippen LogP contribution in [0.15, 0.2) is 38.6 Å². The Balaban J connectivity index is 2.08. The fourth-order valence-corrected chi connectivity index (χ4v) is 3.28. The molecule has 84 valence electrons. The van der Waals surface area contributed by atoms with Gasteiger partial charge < -0.3 is 4.74 Å². The maximum Gasteiger partial charge on any atom is 0.134 e. The van der Waals surface area contributed by atoms with E-state index < -0.39 is 0 Å². The predicted molar refractivity (Wildman–Crippen MR) is 75.2 cm³/mol. The Labute approximate surface area is 116 Å². The number of benzene rings is 1. The van der Waals surface area contributed by atoms with Crippen molar-refractivity contribution in [3.63, 3.8) is 0 Å². The molecule has 0 N–H and O–H groups in total. The van der Waals surface area contributed by atoms with Gasteiger partial charge in [-0.3, -0.25) is 0 Å². The summed E-state index contributed by atoms with van der Waals surface area (Å²) < 4.78 is 7.86. The van der Waals surface area contributed by atoms with Crippen LogP contribution >= 0.6 is 43.2 Å². The van der Waals surface area contributed by atoms with E-state index in [-0.39, 0.29) is 0 Å². The van der Waals surface area contributed by atoms with Crippen molar-refractivity contribution in [1.82, 2.24) is 0 Å². The molecule has 0 aliphatic heterocycles. The first-order valence-corrected chi connectivity index (χ1v) is 7.24. The van der Waals surface area contributed by atoms with Crippen LogP contribution in [0.3, 0.4) is 0 Å². The van der Waals surface area contributed by atoms with Gasteiger partial charge in [0.05, 0.1) is 9.35 Å². The van der Waals surface area contributed by atoms with Crippen LogP contribution in [0.4, 0.5) is 0 Å². The number of thiophene rings is 1. The van der Waals surface area contributed by atoms with Crippen LogP contribution in [-0.4, -0.2) is 0 Å². The quantitative estimate of drug-likeness (QED) is 0.733. The highest BCUT2D eigenvalue weighted by Gasteiger charge is 2.05. The molecule has 0 bridgehead atoms. The lowest BCUT2D eigenvalue weighted by atomic mass is 10.2. The SMILES string of the molecule is Cc1ccc(OCc2sccc2Br)c(Br)c1. The fraction of sp³-hybridized carbons (Fsp3) is 0.167. The first-order chi connectivity index (χ1) is 7.66. The first-order valence-electron chi connectivity index (χ1n) is 4.77. The second kappa shape index (κ2) is 5.34. The molecule has 0 unspecified atom stereocenters. The molecule has 1 heterocycles. The average Bonchev–Trinajstić information content (AvgIpc) is 2.63. The van der Waals surface area contributed by atoms with E-state index in [9.17, 15) is 0 Å². The van der Waals surface area contributed by atoms with Crippen LogP contribution < -0.4 is 4.74 Å². The number of halogens is 2. The minimum atomic E-state index is 0.597. The Morgan fingerprint density at radius 3 is 2.62 bits per heavy atom. The van der Waals surface area contributed by atoms with E-state index in [2.05, 4.69) is 44.8 Å². The molecule has 16 heavy (non-hydrogen) atoms. The van der Waals surface area contributed by atoms with Gasteiger partial charge in [-0.15, -0.1) is 11.3 Å². The van der Waals surface area contributed by atoms with Crippen LogP contribution in [0.25, 0.3) is 0 Å². The second-order valence-corrected chi connectivity index (χ2v) is 6.12. The van der Waals surface area contributed by atoms with Gasteiger partial charge in [-0.2, -0.15) is 0 Å². The summed E-state index contributed by atoms with van der Waals surface area (Å²) in [7, 11) is 0. The monoisotopic (exact) mass is 360 g/mol. The third-order valence-electron chi connectivity index (χ3n) is 2.14. The summed E-state index contributed by atoms with van der Waals surface area (Å²) in [6, 6.07) is 8.12. The van der Waals surface area contributed by atoms with Crippen molar-refractivity contribution in [2.45, 2.75) is 13.5 Å². The van der Waals surface area contributed by atoms with Crippen LogP contribution in [0.1, 0.15) is 10.4 Å². The highest BCUT2D eigenvalue weighted by atomic mass is 79.9. The Kier molecular flexibility index (Phi) is 4.05. The number of aryl methyl sites for hydroxylation is 1. The predicted octanol–water partition coefficient (Wildman–Crippen LogP) is 5.16. The standard InChI is InChI=1S/C12H10Br2OS/c1-8-2-3-11(10(14)6-8)15-7-12-9(13)4-5-16-12/h2-6H,7H2,1H3. The third-order valence-corrected chi connectivity index (χ3v) is 4.66. The van der Waals surface area contributed by atoms with Gasteiger partial charge in [0.25, 0.3) is 0 Å². The fourth-order valence-electron chi connectivity index (χ4n) is 1.29. The highest BCUT2D eigenvalue weighted by molar-refractivity contribution is 9.10. The zero-order valence-electron chi connectivity index (χ0n) is 8.67. The molecule has 2 aromatic rings. The molecule has 0 saturated carbocycles. The Morgan fingerprint density at radius 2 is 2.00 bits per heavy atom. The summed E-state index contributed by atoms with van der Waals surface area (Å²) >= 11 is 8.68. The van der Waals surface area contributed by atoms with Crippen molar-refractivity contribution in [3.05, 3.63) is 49.0 Å². The molecule has 4 heteroatoms. The minimum absolute atomic E-state index is 0.597. The molecule has 1 aromatic heterocycles. The average molecular weight is 362 g/mol. The number of ether oxygens (including phenoxy) is 1. The molecule has 0 atom stereocenters. The zero-order valence-corrected chi connectivity index (χ0v) is 12.7. The van der Waals surface area contributed by atoms with E-state index in [0.29, 0.717) is 6.61 Å². The minimum Gasteiger partial charge on any atom is -0.487 e. The Morgan fingerprint density at radius 1 is 1.19 bits per heavy atom. The molecular weight excluding hydrogens is 352 g/mol. The molecule has 0 aliphatic rings. The number of hydrogen-bond donors (Lipinski definition) is 0. The molecule has 1 nitrogen and oxygen atoms in total. The Hall–Kier alpha value is -0.320. The van der Waals surface area contributed by atoms with Gasteiger partial charge in [0, 0.05) is 4.47 Å². The molecule has 0 aliphatic carbocycles. The molecule has 0 radical (unpaired) electrons. The van der Waals surface area contributed by atoms with Gasteiger partial charge in [0.2, 0.25) is 0 Å². The molecule has 0 amide bonds. The highest BCUT2D eigenvalue weighted by Crippen LogP contribution is 2.29. The van der Waals surface area contributed by atoms with Gasteiger partial charge in [0.1, 0.15) is 12.4 Å². The maximum absolute atomic E-state index is 5.75. The van der Waals surface area contributed by atoms with E-state index in [0.717, 1.165) is 14.7 Å². The van der Waals surface area contributed by atoms with Crippen molar-refractivity contribution >= 4 is 43.2 Å². The van der Waals surface area contributed by atoms with Gasteiger partial charge in [0.15, 0.2) is 0 Å². The number of hydrogen-bond acceptors (Lipinski definition) is 2. The van der Waals surface area contributed by atoms with E-state index in [1.807, 2.05) is 23.6 Å². The van der Waals surface area contributed by atoms with Crippen molar-refractivity contribution in [2.24, 2.45) is 0 Å². The molecule has 0 saturated heterocycles. The zero-order chi connectivity index (χ0) is 11.5. The normalized spacial score (nSPS) is 10.4. The van der Waals surface area contributed by atoms with Gasteiger partial charge in [-0.05, 0) is 67.9 Å². The summed E-state index contributed by atoms with van der Waals surface area (Å²) in [5.41, 5.74) is 1.22. The van der Waals surface area contributed by atoms with Crippen molar-refractivity contribution in [2.75, 3.05) is 0 Å². The lowest BCUT2D eigenvalue weighted by Crippen LogP contribution is -1.94. The van der Waals surface area contributed by atoms with E-state index in [1.54, 1.807) is 11.3 Å². The van der Waals surface area contributed by atoms with Crippen LogP contribution in [-0.2, 0) is 6.61 Å². The van der Waals surface area contributed by atoms with Crippen LogP contribution in [0, 0.1) is 6.92 Å². The van der Waals surface area contributed by atoms with Crippen LogP contribution in [0.5, 0.6) is 5.75 Å². The lowest BCUT2D eigenvalue weighted by molar-refractivity contribution is 0.307. The third kappa shape index (κ3) is 2.87. The summed E-state index contributed by atoms with van der Waals surface area (Å²) in [6.45, 7) is 2.66. The molecule has 0 fully saturated rings. The summed E-state index contributed by atoms with van der Waals surface area (Å²) in [4.78, 5) is 1.20. The topological polar surface area (TPSA) is 9.23 Å². The molecular formula is C12H10Br2OS. The largest absolute Gasteiger partial charge is 0.487 e. The van der Waals surface area contributed by atoms with Crippen molar-refractivity contribution < 1.29 is 4.74 Å². The molecule has 1 aromatic carbocycles.